The maximum Gasteiger partial charge on any atom is 0.410 e. The molecule has 0 saturated carbocycles. The molecular formula is C34H36N10O3. The number of anilines is 3. The number of aromatic nitrogens is 7. The molecule has 0 aliphatic carbocycles. The second-order valence-corrected chi connectivity index (χ2v) is 12.9. The van der Waals surface area contributed by atoms with Crippen LogP contribution < -0.4 is 15.8 Å². The summed E-state index contributed by atoms with van der Waals surface area (Å²) in [5, 5.41) is 3.64. The van der Waals surface area contributed by atoms with Crippen LogP contribution in [0.5, 0.6) is 0 Å². The molecule has 2 unspecified atom stereocenters. The molecule has 7 rings (SSSR count). The van der Waals surface area contributed by atoms with Gasteiger partial charge in [0.25, 0.3) is 5.56 Å². The number of carbonyl (C=O) groups is 1. The average molecular weight is 633 g/mol. The van der Waals surface area contributed by atoms with Crippen LogP contribution in [0.2, 0.25) is 0 Å². The average Bonchev–Trinajstić information content (AvgIpc) is 3.72. The van der Waals surface area contributed by atoms with E-state index in [9.17, 15) is 9.59 Å². The fourth-order valence-corrected chi connectivity index (χ4v) is 6.27. The Bertz CT molecular complexity index is 1990. The summed E-state index contributed by atoms with van der Waals surface area (Å²) < 4.78 is 8.78. The molecule has 0 radical (unpaired) electrons. The number of ether oxygens (including phenoxy) is 1. The Balaban J connectivity index is 1.09. The topological polar surface area (TPSA) is 136 Å². The number of benzene rings is 1. The van der Waals surface area contributed by atoms with Gasteiger partial charge in [-0.2, -0.15) is 4.98 Å². The van der Waals surface area contributed by atoms with Gasteiger partial charge in [0.05, 0.1) is 6.54 Å². The Morgan fingerprint density at radius 1 is 0.979 bits per heavy atom. The molecule has 1 amide bonds. The zero-order valence-electron chi connectivity index (χ0n) is 26.6. The number of rotatable bonds is 7. The fourth-order valence-electron chi connectivity index (χ4n) is 6.27. The van der Waals surface area contributed by atoms with E-state index in [1.54, 1.807) is 35.3 Å². The fraction of sp³-hybridized carbons (Fsp3) is 0.324. The van der Waals surface area contributed by atoms with Gasteiger partial charge in [-0.1, -0.05) is 12.1 Å². The van der Waals surface area contributed by atoms with Crippen molar-refractivity contribution in [1.82, 2.24) is 39.2 Å². The van der Waals surface area contributed by atoms with Gasteiger partial charge in [-0.25, -0.2) is 34.1 Å². The maximum absolute atomic E-state index is 13.4. The molecule has 2 aliphatic heterocycles. The number of likely N-dealkylation sites (tertiary alicyclic amines) is 1. The van der Waals surface area contributed by atoms with Crippen LogP contribution in [-0.2, 0) is 11.3 Å². The Morgan fingerprint density at radius 2 is 1.70 bits per heavy atom. The molecule has 1 N–H and O–H groups in total. The van der Waals surface area contributed by atoms with Crippen molar-refractivity contribution < 1.29 is 9.53 Å². The molecule has 6 heterocycles. The molecule has 2 atom stereocenters. The summed E-state index contributed by atoms with van der Waals surface area (Å²) in [4.78, 5) is 52.7. The maximum atomic E-state index is 13.4. The molecule has 0 bridgehead atoms. The van der Waals surface area contributed by atoms with Crippen LogP contribution >= 0.6 is 0 Å². The van der Waals surface area contributed by atoms with Crippen LogP contribution in [0.3, 0.4) is 0 Å². The Hall–Kier alpha value is -5.59. The van der Waals surface area contributed by atoms with Crippen molar-refractivity contribution in [2.45, 2.75) is 32.9 Å². The van der Waals surface area contributed by atoms with E-state index >= 15 is 0 Å². The number of pyridine rings is 1. The summed E-state index contributed by atoms with van der Waals surface area (Å²) >= 11 is 0. The van der Waals surface area contributed by atoms with E-state index in [0.29, 0.717) is 46.2 Å². The summed E-state index contributed by atoms with van der Waals surface area (Å²) in [6.45, 7) is 13.0. The highest BCUT2D eigenvalue weighted by molar-refractivity contribution is 5.77. The van der Waals surface area contributed by atoms with Gasteiger partial charge in [0.15, 0.2) is 17.3 Å². The minimum atomic E-state index is -0.494. The first-order valence-corrected chi connectivity index (χ1v) is 15.6. The van der Waals surface area contributed by atoms with Crippen molar-refractivity contribution in [3.05, 3.63) is 90.1 Å². The number of allylic oxidation sites excluding steroid dienone is 1. The van der Waals surface area contributed by atoms with Gasteiger partial charge in [0.1, 0.15) is 16.7 Å². The third-order valence-corrected chi connectivity index (χ3v) is 8.35. The SMILES string of the molecule is C=CCn1c(=O)c2cnc(Nc3ccc(N4CC5CN(C(=O)OC(C)(C)C)CC5C4)cc3)nc2n1-c1cccc(-c2ncccn2)n1. The monoisotopic (exact) mass is 632 g/mol. The molecule has 2 aliphatic rings. The number of nitrogens with one attached hydrogen (secondary N) is 1. The molecule has 4 aromatic heterocycles. The number of carbonyl (C=O) groups excluding carboxylic acids is 1. The summed E-state index contributed by atoms with van der Waals surface area (Å²) in [7, 11) is 0. The molecule has 13 nitrogen and oxygen atoms in total. The molecule has 1 aromatic carbocycles. The van der Waals surface area contributed by atoms with Crippen molar-refractivity contribution in [2.24, 2.45) is 11.8 Å². The minimum Gasteiger partial charge on any atom is -0.444 e. The van der Waals surface area contributed by atoms with E-state index in [-0.39, 0.29) is 18.2 Å². The van der Waals surface area contributed by atoms with E-state index in [0.717, 1.165) is 37.6 Å². The lowest BCUT2D eigenvalue weighted by molar-refractivity contribution is 0.0282. The molecule has 47 heavy (non-hydrogen) atoms. The van der Waals surface area contributed by atoms with Crippen molar-refractivity contribution in [2.75, 3.05) is 36.4 Å². The van der Waals surface area contributed by atoms with Gasteiger partial charge >= 0.3 is 6.09 Å². The summed E-state index contributed by atoms with van der Waals surface area (Å²) in [5.41, 5.74) is 2.17. The summed E-state index contributed by atoms with van der Waals surface area (Å²) in [6, 6.07) is 15.3. The second-order valence-electron chi connectivity index (χ2n) is 12.9. The van der Waals surface area contributed by atoms with Crippen molar-refractivity contribution in [1.29, 1.82) is 0 Å². The van der Waals surface area contributed by atoms with E-state index in [1.807, 2.05) is 49.9 Å². The molecule has 13 heteroatoms. The van der Waals surface area contributed by atoms with Crippen molar-refractivity contribution >= 4 is 34.4 Å². The number of hydrogen-bond acceptors (Lipinski definition) is 10. The largest absolute Gasteiger partial charge is 0.444 e. The highest BCUT2D eigenvalue weighted by atomic mass is 16.6. The van der Waals surface area contributed by atoms with E-state index < -0.39 is 5.60 Å². The molecular weight excluding hydrogens is 596 g/mol. The summed E-state index contributed by atoms with van der Waals surface area (Å²) in [6.07, 6.45) is 6.27. The predicted octanol–water partition coefficient (Wildman–Crippen LogP) is 4.67. The highest BCUT2D eigenvalue weighted by Gasteiger charge is 2.42. The third kappa shape index (κ3) is 6.03. The van der Waals surface area contributed by atoms with Crippen LogP contribution in [0, 0.1) is 11.8 Å². The van der Waals surface area contributed by atoms with Crippen LogP contribution in [0.1, 0.15) is 20.8 Å². The first kappa shape index (κ1) is 30.1. The number of hydrogen-bond donors (Lipinski definition) is 1. The lowest BCUT2D eigenvalue weighted by Gasteiger charge is -2.26. The standard InChI is InChI=1S/C34H36N10O3/c1-5-16-43-31(45)26-17-37-32(40-30(26)44(43)28-9-6-8-27(39-28)29-35-14-7-15-36-29)38-24-10-12-25(13-11-24)41-18-22-20-42(21-23(22)19-41)33(46)47-34(2,3)4/h5-15,17,22-23H,1,16,18-21H2,2-4H3,(H,37,38,40). The zero-order chi connectivity index (χ0) is 32.7. The van der Waals surface area contributed by atoms with E-state index in [4.69, 9.17) is 14.7 Å². The Kier molecular flexibility index (Phi) is 7.66. The Morgan fingerprint density at radius 3 is 2.38 bits per heavy atom. The van der Waals surface area contributed by atoms with Gasteiger partial charge < -0.3 is 19.9 Å². The van der Waals surface area contributed by atoms with Crippen molar-refractivity contribution in [3.8, 4) is 17.3 Å². The third-order valence-electron chi connectivity index (χ3n) is 8.35. The quantitative estimate of drug-likeness (QED) is 0.252. The lowest BCUT2D eigenvalue weighted by atomic mass is 10.0. The van der Waals surface area contributed by atoms with E-state index in [1.165, 1.54) is 10.9 Å². The second kappa shape index (κ2) is 12.0. The van der Waals surface area contributed by atoms with Gasteiger partial charge in [-0.15, -0.1) is 6.58 Å². The first-order valence-electron chi connectivity index (χ1n) is 15.6. The van der Waals surface area contributed by atoms with E-state index in [2.05, 4.69) is 43.9 Å². The van der Waals surface area contributed by atoms with Crippen LogP contribution in [0.25, 0.3) is 28.4 Å². The van der Waals surface area contributed by atoms with Crippen LogP contribution in [0.4, 0.5) is 22.1 Å². The smallest absolute Gasteiger partial charge is 0.410 e. The normalized spacial score (nSPS) is 17.6. The summed E-state index contributed by atoms with van der Waals surface area (Å²) in [5.74, 6) is 2.14. The van der Waals surface area contributed by atoms with Gasteiger partial charge in [0.2, 0.25) is 5.95 Å². The predicted molar refractivity (Wildman–Crippen MR) is 179 cm³/mol. The minimum absolute atomic E-state index is 0.227. The molecule has 5 aromatic rings. The first-order chi connectivity index (χ1) is 22.7. The van der Waals surface area contributed by atoms with Crippen LogP contribution in [-0.4, -0.2) is 77.1 Å². The molecule has 0 spiro atoms. The lowest BCUT2D eigenvalue weighted by Crippen LogP contribution is -2.37. The van der Waals surface area contributed by atoms with Gasteiger partial charge in [0, 0.05) is 68.0 Å². The number of fused-ring (bicyclic) bond motifs is 2. The van der Waals surface area contributed by atoms with Crippen LogP contribution in [0.15, 0.2) is 84.6 Å². The highest BCUT2D eigenvalue weighted by Crippen LogP contribution is 2.35. The van der Waals surface area contributed by atoms with Crippen molar-refractivity contribution in [3.63, 3.8) is 0 Å². The Labute approximate surface area is 271 Å². The van der Waals surface area contributed by atoms with Gasteiger partial charge in [-0.05, 0) is 63.2 Å². The molecule has 2 saturated heterocycles. The zero-order valence-corrected chi connectivity index (χ0v) is 26.6. The molecule has 240 valence electrons. The number of nitrogens with zero attached hydrogens (tertiary/aromatic N) is 9. The van der Waals surface area contributed by atoms with Gasteiger partial charge in [-0.3, -0.25) is 4.79 Å². The molecule has 2 fully saturated rings. The number of amides is 1.